The summed E-state index contributed by atoms with van der Waals surface area (Å²) in [5, 5.41) is 10.1. The largest absolute Gasteiger partial charge is 0.481 e. The van der Waals surface area contributed by atoms with Gasteiger partial charge in [-0.3, -0.25) is 4.79 Å². The van der Waals surface area contributed by atoms with Crippen LogP contribution in [0, 0.1) is 29.6 Å². The Labute approximate surface area is 222 Å². The fourth-order valence-corrected chi connectivity index (χ4v) is 7.37. The number of carbonyl (C=O) groups is 3. The van der Waals surface area contributed by atoms with Crippen LogP contribution >= 0.6 is 0 Å². The van der Waals surface area contributed by atoms with Crippen LogP contribution in [-0.4, -0.2) is 71.4 Å². The monoisotopic (exact) mass is 518 g/mol. The van der Waals surface area contributed by atoms with Gasteiger partial charge in [-0.15, -0.1) is 0 Å². The summed E-state index contributed by atoms with van der Waals surface area (Å²) < 4.78 is 11.4. The summed E-state index contributed by atoms with van der Waals surface area (Å²) in [5.41, 5.74) is 4.04. The zero-order valence-electron chi connectivity index (χ0n) is 22.0. The molecule has 3 fully saturated rings. The number of rotatable bonds is 3. The maximum absolute atomic E-state index is 13.2. The van der Waals surface area contributed by atoms with Crippen LogP contribution in [0.15, 0.2) is 48.5 Å². The molecular weight excluding hydrogens is 484 g/mol. The van der Waals surface area contributed by atoms with Crippen molar-refractivity contribution in [1.29, 1.82) is 0 Å². The zero-order valence-corrected chi connectivity index (χ0v) is 22.0. The topological polar surface area (TPSA) is 96.4 Å². The molecule has 6 rings (SSSR count). The second kappa shape index (κ2) is 9.03. The van der Waals surface area contributed by atoms with Crippen LogP contribution < -0.4 is 0 Å². The normalized spacial score (nSPS) is 27.5. The van der Waals surface area contributed by atoms with E-state index in [9.17, 15) is 19.5 Å². The number of carbonyl (C=O) groups excluding carboxylic acids is 2. The molecule has 8 nitrogen and oxygen atoms in total. The summed E-state index contributed by atoms with van der Waals surface area (Å²) in [6.07, 6.45) is -0.803. The molecule has 5 atom stereocenters. The average molecular weight is 519 g/mol. The number of hydrogen-bond acceptors (Lipinski definition) is 5. The summed E-state index contributed by atoms with van der Waals surface area (Å²) in [6, 6.07) is 16.4. The molecule has 38 heavy (non-hydrogen) atoms. The Morgan fingerprint density at radius 2 is 1.26 bits per heavy atom. The van der Waals surface area contributed by atoms with E-state index in [1.165, 1.54) is 11.1 Å². The summed E-state index contributed by atoms with van der Waals surface area (Å²) in [7, 11) is 0. The number of aliphatic carboxylic acids is 1. The first-order valence-electron chi connectivity index (χ1n) is 13.4. The molecular formula is C30H34N2O6. The van der Waals surface area contributed by atoms with Gasteiger partial charge in [0, 0.05) is 32.1 Å². The van der Waals surface area contributed by atoms with Gasteiger partial charge in [0.25, 0.3) is 0 Å². The molecule has 2 saturated heterocycles. The van der Waals surface area contributed by atoms with Gasteiger partial charge in [-0.1, -0.05) is 48.5 Å². The van der Waals surface area contributed by atoms with Crippen molar-refractivity contribution < 1.29 is 29.0 Å². The molecule has 2 aliphatic heterocycles. The lowest BCUT2D eigenvalue weighted by atomic mass is 9.88. The molecule has 200 valence electrons. The van der Waals surface area contributed by atoms with E-state index in [4.69, 9.17) is 9.47 Å². The summed E-state index contributed by atoms with van der Waals surface area (Å²) in [6.45, 7) is 7.37. The van der Waals surface area contributed by atoms with Crippen LogP contribution in [-0.2, 0) is 14.3 Å². The van der Waals surface area contributed by atoms with Crippen molar-refractivity contribution in [2.45, 2.75) is 32.3 Å². The number of benzene rings is 2. The number of fused-ring (bicyclic) bond motifs is 6. The summed E-state index contributed by atoms with van der Waals surface area (Å²) in [4.78, 5) is 41.6. The summed E-state index contributed by atoms with van der Waals surface area (Å²) >= 11 is 0. The van der Waals surface area contributed by atoms with Crippen molar-refractivity contribution in [2.24, 2.45) is 29.6 Å². The molecule has 1 saturated carbocycles. The van der Waals surface area contributed by atoms with Crippen LogP contribution in [0.2, 0.25) is 0 Å². The fraction of sp³-hybridized carbons (Fsp3) is 0.500. The van der Waals surface area contributed by atoms with E-state index >= 15 is 0 Å². The molecule has 2 aliphatic carbocycles. The molecule has 2 aromatic carbocycles. The zero-order chi connectivity index (χ0) is 26.8. The molecule has 0 radical (unpaired) electrons. The Hall–Kier alpha value is -3.55. The minimum atomic E-state index is -0.854. The molecule has 2 heterocycles. The van der Waals surface area contributed by atoms with E-state index < -0.39 is 29.7 Å². The number of likely N-dealkylation sites (tertiary alicyclic amines) is 2. The van der Waals surface area contributed by atoms with Crippen molar-refractivity contribution in [3.8, 4) is 11.1 Å². The lowest BCUT2D eigenvalue weighted by Crippen LogP contribution is -2.38. The van der Waals surface area contributed by atoms with E-state index in [1.807, 2.05) is 45.0 Å². The third kappa shape index (κ3) is 4.10. The van der Waals surface area contributed by atoms with Crippen LogP contribution in [0.3, 0.4) is 0 Å². The smallest absolute Gasteiger partial charge is 0.410 e. The highest BCUT2D eigenvalue weighted by Gasteiger charge is 2.61. The lowest BCUT2D eigenvalue weighted by Gasteiger charge is -2.26. The Morgan fingerprint density at radius 3 is 1.76 bits per heavy atom. The van der Waals surface area contributed by atoms with Gasteiger partial charge in [-0.05, 0) is 66.7 Å². The summed E-state index contributed by atoms with van der Waals surface area (Å²) in [5.74, 6) is -1.68. The van der Waals surface area contributed by atoms with Crippen molar-refractivity contribution in [2.75, 3.05) is 32.8 Å². The minimum absolute atomic E-state index is 0.0222. The van der Waals surface area contributed by atoms with Gasteiger partial charge in [0.15, 0.2) is 0 Å². The maximum Gasteiger partial charge on any atom is 0.410 e. The number of carboxylic acid groups (broad SMARTS) is 1. The van der Waals surface area contributed by atoms with Gasteiger partial charge in [0.1, 0.15) is 12.2 Å². The van der Waals surface area contributed by atoms with E-state index in [-0.39, 0.29) is 36.2 Å². The van der Waals surface area contributed by atoms with Crippen LogP contribution in [0.5, 0.6) is 0 Å². The Morgan fingerprint density at radius 1 is 0.789 bits per heavy atom. The first kappa shape index (κ1) is 24.8. The predicted molar refractivity (Wildman–Crippen MR) is 140 cm³/mol. The van der Waals surface area contributed by atoms with Crippen LogP contribution in [0.1, 0.15) is 37.8 Å². The van der Waals surface area contributed by atoms with E-state index in [1.54, 1.807) is 9.80 Å². The predicted octanol–water partition coefficient (Wildman–Crippen LogP) is 4.68. The van der Waals surface area contributed by atoms with E-state index in [0.717, 1.165) is 11.1 Å². The molecule has 8 heteroatoms. The highest BCUT2D eigenvalue weighted by atomic mass is 16.6. The third-order valence-corrected chi connectivity index (χ3v) is 8.83. The van der Waals surface area contributed by atoms with Crippen molar-refractivity contribution in [3.05, 3.63) is 59.7 Å². The van der Waals surface area contributed by atoms with E-state index in [0.29, 0.717) is 26.2 Å². The Kier molecular flexibility index (Phi) is 5.89. The van der Waals surface area contributed by atoms with Gasteiger partial charge in [-0.2, -0.15) is 0 Å². The third-order valence-electron chi connectivity index (χ3n) is 8.83. The van der Waals surface area contributed by atoms with Crippen molar-refractivity contribution in [3.63, 3.8) is 0 Å². The molecule has 2 aromatic rings. The molecule has 4 aliphatic rings. The molecule has 0 aromatic heterocycles. The van der Waals surface area contributed by atoms with Gasteiger partial charge < -0.3 is 24.4 Å². The Bertz CT molecular complexity index is 1240. The highest BCUT2D eigenvalue weighted by Crippen LogP contribution is 2.53. The fourth-order valence-electron chi connectivity index (χ4n) is 7.37. The van der Waals surface area contributed by atoms with Crippen LogP contribution in [0.4, 0.5) is 9.59 Å². The molecule has 2 amide bonds. The average Bonchev–Trinajstić information content (AvgIpc) is 3.60. The Balaban J connectivity index is 1.14. The SMILES string of the molecule is CC(C)(C)OC(=O)N1CC2C3CN(C(=O)OCC4c5ccccc5-c5ccccc54)CC3C(C(=O)O)C2C1. The standard InChI is InChI=1S/C30H34N2O6/c1-30(2,3)38-29(36)32-13-22-21-12-31(14-23(21)26(27(33)34)24(22)15-32)28(35)37-16-25-19-10-6-4-8-17(19)18-9-5-7-11-20(18)25/h4-11,21-26H,12-16H2,1-3H3,(H,33,34). The number of carboxylic acids is 1. The van der Waals surface area contributed by atoms with Gasteiger partial charge in [0.2, 0.25) is 0 Å². The van der Waals surface area contributed by atoms with Gasteiger partial charge in [0.05, 0.1) is 5.92 Å². The lowest BCUT2D eigenvalue weighted by molar-refractivity contribution is -0.144. The van der Waals surface area contributed by atoms with Crippen molar-refractivity contribution >= 4 is 18.2 Å². The van der Waals surface area contributed by atoms with Gasteiger partial charge in [-0.25, -0.2) is 9.59 Å². The van der Waals surface area contributed by atoms with E-state index in [2.05, 4.69) is 24.3 Å². The first-order valence-corrected chi connectivity index (χ1v) is 13.4. The highest BCUT2D eigenvalue weighted by molar-refractivity contribution is 5.79. The van der Waals surface area contributed by atoms with Crippen LogP contribution in [0.25, 0.3) is 11.1 Å². The minimum Gasteiger partial charge on any atom is -0.481 e. The molecule has 5 unspecified atom stereocenters. The quantitative estimate of drug-likeness (QED) is 0.634. The molecule has 0 bridgehead atoms. The number of ether oxygens (including phenoxy) is 2. The number of nitrogens with zero attached hydrogens (tertiary/aromatic N) is 2. The molecule has 1 N–H and O–H groups in total. The second-order valence-corrected chi connectivity index (χ2v) is 12.1. The number of hydrogen-bond donors (Lipinski definition) is 1. The van der Waals surface area contributed by atoms with Gasteiger partial charge >= 0.3 is 18.2 Å². The maximum atomic E-state index is 13.2. The first-order chi connectivity index (χ1) is 18.1. The molecule has 0 spiro atoms. The second-order valence-electron chi connectivity index (χ2n) is 12.1. The number of amides is 2. The van der Waals surface area contributed by atoms with Crippen molar-refractivity contribution in [1.82, 2.24) is 9.80 Å².